The van der Waals surface area contributed by atoms with E-state index in [1.807, 2.05) is 0 Å². The molecule has 2 aromatic carbocycles. The van der Waals surface area contributed by atoms with E-state index in [1.54, 1.807) is 16.7 Å². The van der Waals surface area contributed by atoms with Gasteiger partial charge in [0.2, 0.25) is 5.91 Å². The normalized spacial score (nSPS) is 19.3. The molecule has 0 aliphatic carbocycles. The second-order valence-corrected chi connectivity index (χ2v) is 10.7. The van der Waals surface area contributed by atoms with Crippen LogP contribution in [0.3, 0.4) is 0 Å². The van der Waals surface area contributed by atoms with Crippen LogP contribution in [-0.4, -0.2) is 65.5 Å². The van der Waals surface area contributed by atoms with Crippen molar-refractivity contribution in [3.63, 3.8) is 0 Å². The van der Waals surface area contributed by atoms with E-state index >= 15 is 4.39 Å². The van der Waals surface area contributed by atoms with Crippen molar-refractivity contribution in [3.8, 4) is 11.1 Å². The molecular formula is C27H25F5N4O3S. The third kappa shape index (κ3) is 4.74. The number of carbonyl (C=O) groups is 1. The zero-order valence-corrected chi connectivity index (χ0v) is 22.4. The molecular weight excluding hydrogens is 555 g/mol. The van der Waals surface area contributed by atoms with Gasteiger partial charge in [-0.1, -0.05) is 6.58 Å². The lowest BCUT2D eigenvalue weighted by atomic mass is 9.95. The van der Waals surface area contributed by atoms with E-state index < -0.39 is 46.2 Å². The minimum absolute atomic E-state index is 0.0472. The average Bonchev–Trinajstić information content (AvgIpc) is 2.90. The molecule has 2 aliphatic heterocycles. The molecule has 212 valence electrons. The van der Waals surface area contributed by atoms with Gasteiger partial charge in [-0.2, -0.15) is 18.2 Å². The fourth-order valence-electron chi connectivity index (χ4n) is 5.41. The number of anilines is 1. The molecule has 0 bridgehead atoms. The van der Waals surface area contributed by atoms with Crippen LogP contribution in [0.1, 0.15) is 18.5 Å². The Morgan fingerprint density at radius 3 is 2.62 bits per heavy atom. The van der Waals surface area contributed by atoms with Gasteiger partial charge in [-0.25, -0.2) is 13.6 Å². The van der Waals surface area contributed by atoms with Crippen LogP contribution in [0.25, 0.3) is 22.0 Å². The van der Waals surface area contributed by atoms with Crippen LogP contribution in [0.2, 0.25) is 0 Å². The van der Waals surface area contributed by atoms with E-state index in [0.29, 0.717) is 6.07 Å². The Kier molecular flexibility index (Phi) is 7.38. The molecule has 0 saturated carbocycles. The highest BCUT2D eigenvalue weighted by Crippen LogP contribution is 2.50. The summed E-state index contributed by atoms with van der Waals surface area (Å²) in [5.74, 6) is -2.14. The fourth-order valence-corrected chi connectivity index (χ4v) is 6.72. The number of alkyl halides is 3. The maximum atomic E-state index is 15.0. The van der Waals surface area contributed by atoms with Crippen LogP contribution in [0.5, 0.6) is 0 Å². The van der Waals surface area contributed by atoms with Crippen molar-refractivity contribution in [3.05, 3.63) is 64.6 Å². The molecule has 5 rings (SSSR count). The van der Waals surface area contributed by atoms with Crippen molar-refractivity contribution >= 4 is 34.4 Å². The van der Waals surface area contributed by atoms with Gasteiger partial charge in [-0.05, 0) is 31.2 Å². The van der Waals surface area contributed by atoms with E-state index in [2.05, 4.69) is 11.6 Å². The Balaban J connectivity index is 1.83. The number of aromatic nitrogens is 2. The molecule has 0 unspecified atom stereocenters. The average molecular weight is 581 g/mol. The molecule has 1 fully saturated rings. The van der Waals surface area contributed by atoms with Crippen LogP contribution in [-0.2, 0) is 15.7 Å². The molecule has 0 radical (unpaired) electrons. The summed E-state index contributed by atoms with van der Waals surface area (Å²) >= 11 is 1.06. The van der Waals surface area contributed by atoms with Gasteiger partial charge in [-0.15, -0.1) is 11.8 Å². The number of amides is 1. The van der Waals surface area contributed by atoms with Crippen LogP contribution < -0.4 is 10.6 Å². The van der Waals surface area contributed by atoms with E-state index in [4.69, 9.17) is 4.74 Å². The van der Waals surface area contributed by atoms with Crippen molar-refractivity contribution in [2.45, 2.75) is 30.1 Å². The molecule has 3 heterocycles. The SMILES string of the molecule is C=CC(=O)N1CCN(c2nc(=O)n3c4c(c(-c5ccc(F)cc5F)c(C(F)(F)F)cc24)SC[C@@H]3COC)[C@@H](C)C1. The van der Waals surface area contributed by atoms with Gasteiger partial charge >= 0.3 is 11.9 Å². The maximum absolute atomic E-state index is 15.0. The number of hydrogen-bond donors (Lipinski definition) is 0. The number of ether oxygens (including phenoxy) is 1. The molecule has 1 aromatic heterocycles. The number of thioether (sulfide) groups is 1. The van der Waals surface area contributed by atoms with Crippen molar-refractivity contribution < 1.29 is 31.5 Å². The Morgan fingerprint density at radius 2 is 2.00 bits per heavy atom. The van der Waals surface area contributed by atoms with Crippen LogP contribution in [0.4, 0.5) is 27.8 Å². The zero-order valence-electron chi connectivity index (χ0n) is 21.6. The van der Waals surface area contributed by atoms with Crippen molar-refractivity contribution in [1.29, 1.82) is 0 Å². The summed E-state index contributed by atoms with van der Waals surface area (Å²) < 4.78 is 79.2. The number of hydrogen-bond acceptors (Lipinski definition) is 6. The van der Waals surface area contributed by atoms with Gasteiger partial charge in [0.25, 0.3) is 0 Å². The van der Waals surface area contributed by atoms with Gasteiger partial charge in [-0.3, -0.25) is 9.36 Å². The predicted molar refractivity (Wildman–Crippen MR) is 142 cm³/mol. The summed E-state index contributed by atoms with van der Waals surface area (Å²) in [6.07, 6.45) is -3.72. The third-order valence-electron chi connectivity index (χ3n) is 7.18. The Labute approximate surface area is 230 Å². The van der Waals surface area contributed by atoms with E-state index in [1.165, 1.54) is 17.8 Å². The second-order valence-electron chi connectivity index (χ2n) is 9.69. The topological polar surface area (TPSA) is 67.7 Å². The smallest absolute Gasteiger partial charge is 0.383 e. The number of benzene rings is 2. The molecule has 3 aromatic rings. The Morgan fingerprint density at radius 1 is 1.25 bits per heavy atom. The quantitative estimate of drug-likeness (QED) is 0.317. The van der Waals surface area contributed by atoms with Crippen LogP contribution >= 0.6 is 11.8 Å². The van der Waals surface area contributed by atoms with Crippen molar-refractivity contribution in [1.82, 2.24) is 14.5 Å². The lowest BCUT2D eigenvalue weighted by molar-refractivity contribution is -0.137. The van der Waals surface area contributed by atoms with Gasteiger partial charge in [0.1, 0.15) is 17.5 Å². The first kappa shape index (κ1) is 28.1. The molecule has 1 saturated heterocycles. The highest BCUT2D eigenvalue weighted by atomic mass is 32.2. The first-order valence-corrected chi connectivity index (χ1v) is 13.4. The summed E-state index contributed by atoms with van der Waals surface area (Å²) in [5, 5.41) is 0.0665. The molecule has 2 atom stereocenters. The number of rotatable bonds is 5. The number of carbonyl (C=O) groups excluding carboxylic acids is 1. The highest BCUT2D eigenvalue weighted by molar-refractivity contribution is 7.99. The summed E-state index contributed by atoms with van der Waals surface area (Å²) in [6, 6.07) is 2.36. The van der Waals surface area contributed by atoms with E-state index in [-0.39, 0.29) is 65.6 Å². The van der Waals surface area contributed by atoms with Crippen molar-refractivity contribution in [2.75, 3.05) is 44.0 Å². The van der Waals surface area contributed by atoms with Gasteiger partial charge in [0.15, 0.2) is 0 Å². The largest absolute Gasteiger partial charge is 0.417 e. The monoisotopic (exact) mass is 580 g/mol. The third-order valence-corrected chi connectivity index (χ3v) is 8.42. The number of nitrogens with zero attached hydrogens (tertiary/aromatic N) is 4. The van der Waals surface area contributed by atoms with Crippen molar-refractivity contribution in [2.24, 2.45) is 0 Å². The summed E-state index contributed by atoms with van der Waals surface area (Å²) in [6.45, 7) is 6.09. The lowest BCUT2D eigenvalue weighted by Crippen LogP contribution is -2.54. The summed E-state index contributed by atoms with van der Waals surface area (Å²) in [7, 11) is 1.45. The predicted octanol–water partition coefficient (Wildman–Crippen LogP) is 4.88. The van der Waals surface area contributed by atoms with Gasteiger partial charge < -0.3 is 14.5 Å². The minimum atomic E-state index is -4.91. The molecule has 2 aliphatic rings. The van der Waals surface area contributed by atoms with Gasteiger partial charge in [0.05, 0.1) is 23.7 Å². The summed E-state index contributed by atoms with van der Waals surface area (Å²) in [4.78, 5) is 33.2. The first-order chi connectivity index (χ1) is 19.0. The first-order valence-electron chi connectivity index (χ1n) is 12.4. The van der Waals surface area contributed by atoms with E-state index in [9.17, 15) is 27.2 Å². The standard InChI is InChI=1S/C27H25F5N4O3S/c1-4-21(37)34-7-8-35(14(2)11-34)25-18-10-19(27(30,31)32)22(17-6-5-15(28)9-20(17)29)24-23(18)36(26(38)33-25)16(12-39-3)13-40-24/h4-6,9-10,14,16H,1,7-8,11-13H2,2-3H3/t14-,16-/m0/s1. The molecule has 13 heteroatoms. The Hall–Kier alpha value is -3.45. The molecule has 0 spiro atoms. The van der Waals surface area contributed by atoms with Crippen LogP contribution in [0.15, 0.2) is 46.6 Å². The number of methoxy groups -OCH3 is 1. The Bertz CT molecular complexity index is 1570. The second kappa shape index (κ2) is 10.5. The highest BCUT2D eigenvalue weighted by Gasteiger charge is 2.40. The summed E-state index contributed by atoms with van der Waals surface area (Å²) in [5.41, 5.74) is -2.52. The van der Waals surface area contributed by atoms with Gasteiger partial charge in [0, 0.05) is 66.0 Å². The number of halogens is 5. The van der Waals surface area contributed by atoms with Crippen LogP contribution in [0, 0.1) is 11.6 Å². The fraction of sp³-hybridized carbons (Fsp3) is 0.370. The molecule has 1 amide bonds. The van der Waals surface area contributed by atoms with E-state index in [0.717, 1.165) is 30.0 Å². The number of piperazine rings is 1. The molecule has 7 nitrogen and oxygen atoms in total. The molecule has 0 N–H and O–H groups in total. The lowest BCUT2D eigenvalue weighted by Gasteiger charge is -2.41. The molecule has 40 heavy (non-hydrogen) atoms. The minimum Gasteiger partial charge on any atom is -0.383 e. The zero-order chi connectivity index (χ0) is 28.9. The maximum Gasteiger partial charge on any atom is 0.417 e.